The molecule has 6 heteroatoms. The van der Waals surface area contributed by atoms with Gasteiger partial charge in [-0.05, 0) is 24.3 Å². The Bertz CT molecular complexity index is 408. The number of carboxylic acids is 1. The van der Waals surface area contributed by atoms with E-state index in [1.54, 1.807) is 12.1 Å². The lowest BCUT2D eigenvalue weighted by Crippen LogP contribution is -2.41. The molecule has 1 rings (SSSR count). The lowest BCUT2D eigenvalue weighted by molar-refractivity contribution is -0.140. The maximum Gasteiger partial charge on any atom is 0.327 e. The lowest BCUT2D eigenvalue weighted by Gasteiger charge is -2.12. The molecule has 4 nitrogen and oxygen atoms in total. The molecule has 0 bridgehead atoms. The van der Waals surface area contributed by atoms with Crippen LogP contribution in [0.4, 0.5) is 4.39 Å². The molecule has 2 N–H and O–H groups in total. The third-order valence-electron chi connectivity index (χ3n) is 1.91. The molecule has 17 heavy (non-hydrogen) atoms. The van der Waals surface area contributed by atoms with Crippen LogP contribution in [0.15, 0.2) is 29.2 Å². The van der Waals surface area contributed by atoms with Crippen molar-refractivity contribution in [1.82, 2.24) is 5.32 Å². The average Bonchev–Trinajstić information content (AvgIpc) is 2.25. The van der Waals surface area contributed by atoms with Gasteiger partial charge in [-0.15, -0.1) is 11.8 Å². The van der Waals surface area contributed by atoms with Crippen LogP contribution in [0.2, 0.25) is 0 Å². The van der Waals surface area contributed by atoms with Gasteiger partial charge in [0.25, 0.3) is 0 Å². The van der Waals surface area contributed by atoms with Crippen LogP contribution >= 0.6 is 11.8 Å². The number of carbonyl (C=O) groups excluding carboxylic acids is 1. The molecule has 0 heterocycles. The lowest BCUT2D eigenvalue weighted by atomic mass is 10.3. The van der Waals surface area contributed by atoms with Gasteiger partial charge in [-0.2, -0.15) is 0 Å². The number of thioether (sulfide) groups is 1. The number of rotatable bonds is 5. The van der Waals surface area contributed by atoms with E-state index in [0.717, 1.165) is 4.90 Å². The fraction of sp³-hybridized carbons (Fsp3) is 0.273. The Hall–Kier alpha value is -1.56. The van der Waals surface area contributed by atoms with Crippen LogP contribution in [0.5, 0.6) is 0 Å². The number of amides is 1. The molecule has 0 aromatic heterocycles. The van der Waals surface area contributed by atoms with E-state index in [9.17, 15) is 14.0 Å². The zero-order chi connectivity index (χ0) is 12.8. The van der Waals surface area contributed by atoms with E-state index in [1.165, 1.54) is 30.8 Å². The van der Waals surface area contributed by atoms with Gasteiger partial charge in [0.2, 0.25) is 5.91 Å². The summed E-state index contributed by atoms with van der Waals surface area (Å²) in [5, 5.41) is 11.2. The Morgan fingerprint density at radius 3 is 2.47 bits per heavy atom. The second kappa shape index (κ2) is 6.24. The minimum Gasteiger partial charge on any atom is -0.480 e. The fourth-order valence-corrected chi connectivity index (χ4v) is 2.04. The number of nitrogens with one attached hydrogen (secondary N) is 1. The highest BCUT2D eigenvalue weighted by molar-refractivity contribution is 7.99. The highest BCUT2D eigenvalue weighted by Gasteiger charge is 2.18. The van der Waals surface area contributed by atoms with Crippen LogP contribution in [0.3, 0.4) is 0 Å². The van der Waals surface area contributed by atoms with Gasteiger partial charge in [-0.25, -0.2) is 9.18 Å². The molecule has 92 valence electrons. The molecule has 1 aromatic carbocycles. The number of hydrogen-bond donors (Lipinski definition) is 2. The topological polar surface area (TPSA) is 66.4 Å². The van der Waals surface area contributed by atoms with Crippen molar-refractivity contribution >= 4 is 23.6 Å². The Morgan fingerprint density at radius 1 is 1.41 bits per heavy atom. The first kappa shape index (κ1) is 13.5. The monoisotopic (exact) mass is 257 g/mol. The predicted octanol–water partition coefficient (Wildman–Crippen LogP) is 1.51. The van der Waals surface area contributed by atoms with Crippen molar-refractivity contribution in [3.8, 4) is 0 Å². The molecule has 0 fully saturated rings. The van der Waals surface area contributed by atoms with E-state index in [1.807, 2.05) is 0 Å². The third kappa shape index (κ3) is 4.86. The third-order valence-corrected chi connectivity index (χ3v) is 3.01. The smallest absolute Gasteiger partial charge is 0.327 e. The van der Waals surface area contributed by atoms with Crippen molar-refractivity contribution in [2.45, 2.75) is 17.9 Å². The summed E-state index contributed by atoms with van der Waals surface area (Å²) >= 11 is 1.25. The first-order chi connectivity index (χ1) is 7.99. The molecule has 1 aromatic rings. The summed E-state index contributed by atoms with van der Waals surface area (Å²) in [7, 11) is 0. The standard InChI is InChI=1S/C11H12FNO3S/c1-7(14)13-10(11(15)16)6-17-9-4-2-8(12)3-5-9/h2-5,10H,6H2,1H3,(H,13,14)(H,15,16)/t10-/m0/s1. The van der Waals surface area contributed by atoms with Gasteiger partial charge in [0.05, 0.1) is 0 Å². The largest absolute Gasteiger partial charge is 0.480 e. The molecule has 0 aliphatic heterocycles. The number of hydrogen-bond acceptors (Lipinski definition) is 3. The second-order valence-electron chi connectivity index (χ2n) is 3.36. The summed E-state index contributed by atoms with van der Waals surface area (Å²) in [5.41, 5.74) is 0. The quantitative estimate of drug-likeness (QED) is 0.785. The number of carbonyl (C=O) groups is 2. The zero-order valence-electron chi connectivity index (χ0n) is 9.14. The van der Waals surface area contributed by atoms with Crippen molar-refractivity contribution in [1.29, 1.82) is 0 Å². The average molecular weight is 257 g/mol. The van der Waals surface area contributed by atoms with Crippen LogP contribution < -0.4 is 5.32 Å². The summed E-state index contributed by atoms with van der Waals surface area (Å²) in [6.07, 6.45) is 0. The summed E-state index contributed by atoms with van der Waals surface area (Å²) in [4.78, 5) is 22.4. The van der Waals surface area contributed by atoms with Gasteiger partial charge < -0.3 is 10.4 Å². The van der Waals surface area contributed by atoms with Crippen molar-refractivity contribution in [2.75, 3.05) is 5.75 Å². The van der Waals surface area contributed by atoms with Crippen molar-refractivity contribution < 1.29 is 19.1 Å². The SMILES string of the molecule is CC(=O)N[C@@H](CSc1ccc(F)cc1)C(=O)O. The van der Waals surface area contributed by atoms with Gasteiger partial charge in [0.1, 0.15) is 11.9 Å². The van der Waals surface area contributed by atoms with Gasteiger partial charge in [0.15, 0.2) is 0 Å². The fourth-order valence-electron chi connectivity index (χ4n) is 1.13. The molecular weight excluding hydrogens is 245 g/mol. The van der Waals surface area contributed by atoms with Crippen LogP contribution in [0, 0.1) is 5.82 Å². The Kier molecular flexibility index (Phi) is 4.96. The normalized spacial score (nSPS) is 11.9. The molecule has 0 saturated carbocycles. The van der Waals surface area contributed by atoms with E-state index in [2.05, 4.69) is 5.32 Å². The van der Waals surface area contributed by atoms with E-state index in [0.29, 0.717) is 0 Å². The molecule has 0 unspecified atom stereocenters. The van der Waals surface area contributed by atoms with Crippen LogP contribution in [0.25, 0.3) is 0 Å². The summed E-state index contributed by atoms with van der Waals surface area (Å²) in [5.74, 6) is -1.63. The number of benzene rings is 1. The summed E-state index contributed by atoms with van der Waals surface area (Å²) in [6.45, 7) is 1.26. The maximum absolute atomic E-state index is 12.6. The first-order valence-corrected chi connectivity index (χ1v) is 5.86. The first-order valence-electron chi connectivity index (χ1n) is 4.87. The molecule has 0 aliphatic carbocycles. The summed E-state index contributed by atoms with van der Waals surface area (Å²) in [6, 6.07) is 4.79. The van der Waals surface area contributed by atoms with E-state index in [4.69, 9.17) is 5.11 Å². The Labute approximate surface area is 102 Å². The minimum atomic E-state index is -1.09. The number of halogens is 1. The van der Waals surface area contributed by atoms with Gasteiger partial charge in [-0.3, -0.25) is 4.79 Å². The maximum atomic E-state index is 12.6. The van der Waals surface area contributed by atoms with Crippen molar-refractivity contribution in [2.24, 2.45) is 0 Å². The van der Waals surface area contributed by atoms with Gasteiger partial charge in [-0.1, -0.05) is 0 Å². The van der Waals surface area contributed by atoms with Crippen molar-refractivity contribution in [3.05, 3.63) is 30.1 Å². The molecular formula is C11H12FNO3S. The number of aliphatic carboxylic acids is 1. The molecule has 0 saturated heterocycles. The van der Waals surface area contributed by atoms with Crippen LogP contribution in [0.1, 0.15) is 6.92 Å². The second-order valence-corrected chi connectivity index (χ2v) is 4.45. The highest BCUT2D eigenvalue weighted by Crippen LogP contribution is 2.18. The minimum absolute atomic E-state index is 0.195. The van der Waals surface area contributed by atoms with Crippen molar-refractivity contribution in [3.63, 3.8) is 0 Å². The molecule has 0 radical (unpaired) electrons. The molecule has 0 spiro atoms. The Balaban J connectivity index is 2.54. The molecule has 0 aliphatic rings. The molecule has 1 amide bonds. The van der Waals surface area contributed by atoms with E-state index in [-0.39, 0.29) is 11.6 Å². The predicted molar refractivity (Wildman–Crippen MR) is 62.4 cm³/mol. The van der Waals surface area contributed by atoms with Crippen LogP contribution in [-0.2, 0) is 9.59 Å². The number of carboxylic acid groups (broad SMARTS) is 1. The molecule has 1 atom stereocenters. The zero-order valence-corrected chi connectivity index (χ0v) is 9.96. The Morgan fingerprint density at radius 2 is 2.00 bits per heavy atom. The van der Waals surface area contributed by atoms with Gasteiger partial charge >= 0.3 is 5.97 Å². The van der Waals surface area contributed by atoms with E-state index < -0.39 is 17.9 Å². The van der Waals surface area contributed by atoms with Crippen LogP contribution in [-0.4, -0.2) is 28.8 Å². The summed E-state index contributed by atoms with van der Waals surface area (Å²) < 4.78 is 12.6. The van der Waals surface area contributed by atoms with E-state index >= 15 is 0 Å². The van der Waals surface area contributed by atoms with Gasteiger partial charge in [0, 0.05) is 17.6 Å². The highest BCUT2D eigenvalue weighted by atomic mass is 32.2.